The van der Waals surface area contributed by atoms with Crippen LogP contribution in [0.2, 0.25) is 5.02 Å². The number of hydrogen-bond donors (Lipinski definition) is 2. The lowest BCUT2D eigenvalue weighted by Crippen LogP contribution is -2.41. The molecule has 2 N–H and O–H groups in total. The van der Waals surface area contributed by atoms with Crippen LogP contribution in [0.15, 0.2) is 42.5 Å². The number of halogens is 1. The van der Waals surface area contributed by atoms with E-state index in [1.165, 1.54) is 0 Å². The molecule has 8 heteroatoms. The van der Waals surface area contributed by atoms with Crippen molar-refractivity contribution < 1.29 is 19.1 Å². The molecule has 0 radical (unpaired) electrons. The SMILES string of the molecule is Cc1cc(Cl)ccc1OC(C)C(=O)Nc1ccc(NC(=O)CN2CCOCC2)cc1. The van der Waals surface area contributed by atoms with Gasteiger partial charge in [0.1, 0.15) is 5.75 Å². The predicted octanol–water partition coefficient (Wildman–Crippen LogP) is 3.33. The molecule has 1 aliphatic rings. The van der Waals surface area contributed by atoms with Crippen LogP contribution in [0.3, 0.4) is 0 Å². The van der Waals surface area contributed by atoms with E-state index in [9.17, 15) is 9.59 Å². The molecule has 2 amide bonds. The molecule has 0 bridgehead atoms. The maximum atomic E-state index is 12.4. The molecule has 2 aromatic rings. The highest BCUT2D eigenvalue weighted by Gasteiger charge is 2.17. The Hall–Kier alpha value is -2.61. The summed E-state index contributed by atoms with van der Waals surface area (Å²) in [6, 6.07) is 12.2. The predicted molar refractivity (Wildman–Crippen MR) is 117 cm³/mol. The van der Waals surface area contributed by atoms with E-state index in [0.717, 1.165) is 18.7 Å². The van der Waals surface area contributed by atoms with Crippen molar-refractivity contribution in [2.45, 2.75) is 20.0 Å². The first-order chi connectivity index (χ1) is 14.4. The van der Waals surface area contributed by atoms with E-state index < -0.39 is 6.10 Å². The number of amides is 2. The molecule has 0 spiro atoms. The lowest BCUT2D eigenvalue weighted by Gasteiger charge is -2.25. The minimum absolute atomic E-state index is 0.0750. The van der Waals surface area contributed by atoms with Crippen molar-refractivity contribution in [2.24, 2.45) is 0 Å². The third-order valence-corrected chi connectivity index (χ3v) is 4.95. The van der Waals surface area contributed by atoms with Crippen LogP contribution in [0.1, 0.15) is 12.5 Å². The molecule has 7 nitrogen and oxygen atoms in total. The lowest BCUT2D eigenvalue weighted by molar-refractivity contribution is -0.122. The van der Waals surface area contributed by atoms with Crippen molar-refractivity contribution in [2.75, 3.05) is 43.5 Å². The summed E-state index contributed by atoms with van der Waals surface area (Å²) in [5, 5.41) is 6.30. The normalized spacial score (nSPS) is 15.3. The number of benzene rings is 2. The van der Waals surface area contributed by atoms with Crippen LogP contribution in [0.4, 0.5) is 11.4 Å². The van der Waals surface area contributed by atoms with Crippen LogP contribution in [0.5, 0.6) is 5.75 Å². The van der Waals surface area contributed by atoms with Gasteiger partial charge in [0.2, 0.25) is 5.91 Å². The van der Waals surface area contributed by atoms with Crippen molar-refractivity contribution in [3.8, 4) is 5.75 Å². The van der Waals surface area contributed by atoms with Gasteiger partial charge in [-0.1, -0.05) is 11.6 Å². The zero-order valence-corrected chi connectivity index (χ0v) is 17.9. The molecule has 2 aromatic carbocycles. The minimum atomic E-state index is -0.683. The Kier molecular flexibility index (Phi) is 7.68. The van der Waals surface area contributed by atoms with Crippen molar-refractivity contribution >= 4 is 34.8 Å². The molecule has 1 saturated heterocycles. The molecular weight excluding hydrogens is 406 g/mol. The van der Waals surface area contributed by atoms with E-state index in [4.69, 9.17) is 21.1 Å². The molecule has 1 aliphatic heterocycles. The van der Waals surface area contributed by atoms with Gasteiger partial charge in [-0.3, -0.25) is 14.5 Å². The third kappa shape index (κ3) is 6.45. The van der Waals surface area contributed by atoms with Crippen LogP contribution in [-0.4, -0.2) is 55.7 Å². The number of morpholine rings is 1. The number of nitrogens with zero attached hydrogens (tertiary/aromatic N) is 1. The first kappa shape index (κ1) is 22.1. The standard InChI is InChI=1S/C22H26ClN3O4/c1-15-13-17(23)3-8-20(15)30-16(2)22(28)25-19-6-4-18(5-7-19)24-21(27)14-26-9-11-29-12-10-26/h3-8,13,16H,9-12,14H2,1-2H3,(H,24,27)(H,25,28). The van der Waals surface area contributed by atoms with Crippen LogP contribution in [0, 0.1) is 6.92 Å². The van der Waals surface area contributed by atoms with Gasteiger partial charge in [-0.25, -0.2) is 0 Å². The molecule has 1 atom stereocenters. The zero-order valence-electron chi connectivity index (χ0n) is 17.1. The van der Waals surface area contributed by atoms with E-state index in [1.807, 2.05) is 6.92 Å². The largest absolute Gasteiger partial charge is 0.481 e. The Labute approximate surface area is 181 Å². The average molecular weight is 432 g/mol. The van der Waals surface area contributed by atoms with Crippen LogP contribution in [0.25, 0.3) is 0 Å². The lowest BCUT2D eigenvalue weighted by atomic mass is 10.2. The number of hydrogen-bond acceptors (Lipinski definition) is 5. The summed E-state index contributed by atoms with van der Waals surface area (Å²) in [5.74, 6) is 0.267. The molecule has 1 heterocycles. The van der Waals surface area contributed by atoms with Gasteiger partial charge in [0.15, 0.2) is 6.10 Å². The number of carbonyl (C=O) groups excluding carboxylic acids is 2. The monoisotopic (exact) mass is 431 g/mol. The Morgan fingerprint density at radius 1 is 1.10 bits per heavy atom. The van der Waals surface area contributed by atoms with Crippen molar-refractivity contribution in [1.29, 1.82) is 0 Å². The van der Waals surface area contributed by atoms with E-state index in [0.29, 0.717) is 41.9 Å². The second-order valence-electron chi connectivity index (χ2n) is 7.17. The van der Waals surface area contributed by atoms with Gasteiger partial charge in [0, 0.05) is 29.5 Å². The number of nitrogens with one attached hydrogen (secondary N) is 2. The van der Waals surface area contributed by atoms with E-state index in [2.05, 4.69) is 15.5 Å². The second kappa shape index (κ2) is 10.4. The molecule has 160 valence electrons. The van der Waals surface area contributed by atoms with Crippen LogP contribution in [-0.2, 0) is 14.3 Å². The minimum Gasteiger partial charge on any atom is -0.481 e. The smallest absolute Gasteiger partial charge is 0.265 e. The summed E-state index contributed by atoms with van der Waals surface area (Å²) in [4.78, 5) is 26.7. The first-order valence-corrected chi connectivity index (χ1v) is 10.2. The fraction of sp³-hybridized carbons (Fsp3) is 0.364. The Balaban J connectivity index is 1.49. The highest BCUT2D eigenvalue weighted by Crippen LogP contribution is 2.23. The third-order valence-electron chi connectivity index (χ3n) is 4.72. The summed E-state index contributed by atoms with van der Waals surface area (Å²) >= 11 is 5.95. The fourth-order valence-corrected chi connectivity index (χ4v) is 3.26. The molecule has 1 unspecified atom stereocenters. The van der Waals surface area contributed by atoms with Gasteiger partial charge in [-0.2, -0.15) is 0 Å². The quantitative estimate of drug-likeness (QED) is 0.703. The number of rotatable bonds is 7. The van der Waals surface area contributed by atoms with Gasteiger partial charge < -0.3 is 20.1 Å². The maximum absolute atomic E-state index is 12.4. The summed E-state index contributed by atoms with van der Waals surface area (Å²) in [5.41, 5.74) is 2.15. The summed E-state index contributed by atoms with van der Waals surface area (Å²) in [7, 11) is 0. The highest BCUT2D eigenvalue weighted by molar-refractivity contribution is 6.30. The summed E-state index contributed by atoms with van der Waals surface area (Å²) in [6.07, 6.45) is -0.683. The Bertz CT molecular complexity index is 882. The average Bonchev–Trinajstić information content (AvgIpc) is 2.72. The molecule has 0 aliphatic carbocycles. The number of anilines is 2. The zero-order chi connectivity index (χ0) is 21.5. The van der Waals surface area contributed by atoms with Crippen molar-refractivity contribution in [3.05, 3.63) is 53.1 Å². The second-order valence-corrected chi connectivity index (χ2v) is 7.61. The Morgan fingerprint density at radius 3 is 2.37 bits per heavy atom. The van der Waals surface area contributed by atoms with Crippen molar-refractivity contribution in [1.82, 2.24) is 4.90 Å². The van der Waals surface area contributed by atoms with Gasteiger partial charge in [-0.05, 0) is 61.9 Å². The Morgan fingerprint density at radius 2 is 1.73 bits per heavy atom. The van der Waals surface area contributed by atoms with Crippen LogP contribution >= 0.6 is 11.6 Å². The molecular formula is C22H26ClN3O4. The molecule has 0 saturated carbocycles. The topological polar surface area (TPSA) is 79.9 Å². The molecule has 3 rings (SSSR count). The van der Waals surface area contributed by atoms with E-state index >= 15 is 0 Å². The van der Waals surface area contributed by atoms with Gasteiger partial charge >= 0.3 is 0 Å². The maximum Gasteiger partial charge on any atom is 0.265 e. The number of carbonyl (C=O) groups is 2. The van der Waals surface area contributed by atoms with Gasteiger partial charge in [-0.15, -0.1) is 0 Å². The first-order valence-electron chi connectivity index (χ1n) is 9.84. The number of aryl methyl sites for hydroxylation is 1. The van der Waals surface area contributed by atoms with Crippen LogP contribution < -0.4 is 15.4 Å². The van der Waals surface area contributed by atoms with Gasteiger partial charge in [0.25, 0.3) is 5.91 Å². The highest BCUT2D eigenvalue weighted by atomic mass is 35.5. The number of ether oxygens (including phenoxy) is 2. The molecule has 1 fully saturated rings. The van der Waals surface area contributed by atoms with E-state index in [1.54, 1.807) is 49.4 Å². The fourth-order valence-electron chi connectivity index (χ4n) is 3.03. The van der Waals surface area contributed by atoms with Crippen molar-refractivity contribution in [3.63, 3.8) is 0 Å². The summed E-state index contributed by atoms with van der Waals surface area (Å²) < 4.78 is 11.0. The molecule has 30 heavy (non-hydrogen) atoms. The van der Waals surface area contributed by atoms with E-state index in [-0.39, 0.29) is 11.8 Å². The van der Waals surface area contributed by atoms with Gasteiger partial charge in [0.05, 0.1) is 19.8 Å². The summed E-state index contributed by atoms with van der Waals surface area (Å²) in [6.45, 7) is 6.72. The molecule has 0 aromatic heterocycles.